The highest BCUT2D eigenvalue weighted by Gasteiger charge is 2.22. The first-order valence-electron chi connectivity index (χ1n) is 7.32. The molecule has 1 heterocycles. The van der Waals surface area contributed by atoms with Crippen LogP contribution in [-0.4, -0.2) is 14.9 Å². The smallest absolute Gasteiger partial charge is 0.210 e. The Kier molecular flexibility index (Phi) is 4.70. The van der Waals surface area contributed by atoms with Crippen LogP contribution in [0.4, 0.5) is 0 Å². The van der Waals surface area contributed by atoms with Crippen LogP contribution >= 0.6 is 23.4 Å². The predicted octanol–water partition coefficient (Wildman–Crippen LogP) is 3.99. The van der Waals surface area contributed by atoms with E-state index >= 15 is 0 Å². The van der Waals surface area contributed by atoms with E-state index in [1.807, 2.05) is 24.3 Å². The monoisotopic (exact) mass is 322 g/mol. The Hall–Kier alpha value is -1.20. The van der Waals surface area contributed by atoms with Gasteiger partial charge in [-0.1, -0.05) is 60.8 Å². The standard InChI is InChI=1S/C15H19ClN4S/c16-13-9-5-4-8-12(13)10-21-15-19-18-14(20(15)17)11-6-2-1-3-7-11/h4-5,8-9,11H,1-3,6-7,10,17H2. The molecule has 0 unspecified atom stereocenters. The molecule has 0 radical (unpaired) electrons. The SMILES string of the molecule is Nn1c(SCc2ccccc2Cl)nnc1C1CCCCC1. The number of hydrogen-bond acceptors (Lipinski definition) is 4. The van der Waals surface area contributed by atoms with Crippen LogP contribution in [0.2, 0.25) is 5.02 Å². The lowest BCUT2D eigenvalue weighted by Gasteiger charge is -2.20. The summed E-state index contributed by atoms with van der Waals surface area (Å²) >= 11 is 7.75. The van der Waals surface area contributed by atoms with Crippen molar-refractivity contribution < 1.29 is 0 Å². The molecule has 1 saturated carbocycles. The molecule has 6 heteroatoms. The molecular weight excluding hydrogens is 304 g/mol. The summed E-state index contributed by atoms with van der Waals surface area (Å²) in [5.74, 6) is 8.31. The van der Waals surface area contributed by atoms with E-state index in [9.17, 15) is 0 Å². The highest BCUT2D eigenvalue weighted by molar-refractivity contribution is 7.98. The average Bonchev–Trinajstić information content (AvgIpc) is 2.88. The van der Waals surface area contributed by atoms with Gasteiger partial charge < -0.3 is 5.84 Å². The maximum Gasteiger partial charge on any atom is 0.210 e. The Balaban J connectivity index is 1.69. The lowest BCUT2D eigenvalue weighted by molar-refractivity contribution is 0.421. The van der Waals surface area contributed by atoms with Gasteiger partial charge in [0.25, 0.3) is 0 Å². The largest absolute Gasteiger partial charge is 0.336 e. The molecule has 0 spiro atoms. The summed E-state index contributed by atoms with van der Waals surface area (Å²) in [7, 11) is 0. The van der Waals surface area contributed by atoms with Gasteiger partial charge in [-0.3, -0.25) is 0 Å². The second kappa shape index (κ2) is 6.71. The summed E-state index contributed by atoms with van der Waals surface area (Å²) in [6, 6.07) is 7.85. The van der Waals surface area contributed by atoms with E-state index in [0.717, 1.165) is 27.3 Å². The number of halogens is 1. The molecule has 2 aromatic rings. The zero-order valence-electron chi connectivity index (χ0n) is 11.8. The second-order valence-corrected chi connectivity index (χ2v) is 6.78. The first-order chi connectivity index (χ1) is 10.3. The van der Waals surface area contributed by atoms with E-state index in [1.54, 1.807) is 16.4 Å². The van der Waals surface area contributed by atoms with Crippen LogP contribution in [0.5, 0.6) is 0 Å². The van der Waals surface area contributed by atoms with Crippen molar-refractivity contribution in [2.45, 2.75) is 48.9 Å². The normalized spacial score (nSPS) is 16.2. The number of benzene rings is 1. The van der Waals surface area contributed by atoms with Gasteiger partial charge in [0.05, 0.1) is 0 Å². The lowest BCUT2D eigenvalue weighted by Crippen LogP contribution is -2.18. The molecule has 112 valence electrons. The minimum atomic E-state index is 0.464. The molecular formula is C15H19ClN4S. The van der Waals surface area contributed by atoms with Crippen molar-refractivity contribution in [2.24, 2.45) is 0 Å². The minimum Gasteiger partial charge on any atom is -0.336 e. The molecule has 1 aromatic heterocycles. The van der Waals surface area contributed by atoms with Gasteiger partial charge in [0.15, 0.2) is 5.82 Å². The van der Waals surface area contributed by atoms with Crippen molar-refractivity contribution in [1.82, 2.24) is 14.9 Å². The number of nitrogens with two attached hydrogens (primary N) is 1. The summed E-state index contributed by atoms with van der Waals surface area (Å²) in [5.41, 5.74) is 1.09. The Morgan fingerprint density at radius 3 is 2.71 bits per heavy atom. The molecule has 0 saturated heterocycles. The Bertz CT molecular complexity index is 607. The van der Waals surface area contributed by atoms with E-state index in [4.69, 9.17) is 17.4 Å². The Labute approximate surface area is 134 Å². The lowest BCUT2D eigenvalue weighted by atomic mass is 9.89. The third-order valence-corrected chi connectivity index (χ3v) is 5.34. The summed E-state index contributed by atoms with van der Waals surface area (Å²) in [6.45, 7) is 0. The summed E-state index contributed by atoms with van der Waals surface area (Å²) < 4.78 is 1.66. The third kappa shape index (κ3) is 3.35. The number of aromatic nitrogens is 3. The van der Waals surface area contributed by atoms with Gasteiger partial charge in [-0.2, -0.15) is 0 Å². The molecule has 0 amide bonds. The molecule has 3 rings (SSSR count). The van der Waals surface area contributed by atoms with E-state index in [2.05, 4.69) is 10.2 Å². The molecule has 1 aliphatic rings. The molecule has 0 bridgehead atoms. The topological polar surface area (TPSA) is 56.7 Å². The van der Waals surface area contributed by atoms with Crippen LogP contribution in [0.3, 0.4) is 0 Å². The van der Waals surface area contributed by atoms with Gasteiger partial charge in [0.1, 0.15) is 0 Å². The predicted molar refractivity (Wildman–Crippen MR) is 87.0 cm³/mol. The average molecular weight is 323 g/mol. The summed E-state index contributed by atoms with van der Waals surface area (Å²) in [5, 5.41) is 10.1. The van der Waals surface area contributed by atoms with Gasteiger partial charge >= 0.3 is 0 Å². The summed E-state index contributed by atoms with van der Waals surface area (Å²) in [6.07, 6.45) is 6.19. The highest BCUT2D eigenvalue weighted by Crippen LogP contribution is 2.33. The van der Waals surface area contributed by atoms with Crippen LogP contribution in [0.1, 0.15) is 49.4 Å². The first-order valence-corrected chi connectivity index (χ1v) is 8.68. The zero-order chi connectivity index (χ0) is 14.7. The molecule has 1 aliphatic carbocycles. The number of rotatable bonds is 4. The molecule has 0 atom stereocenters. The van der Waals surface area contributed by atoms with E-state index in [1.165, 1.54) is 32.1 Å². The molecule has 4 nitrogen and oxygen atoms in total. The van der Waals surface area contributed by atoms with Gasteiger partial charge in [0, 0.05) is 16.7 Å². The van der Waals surface area contributed by atoms with Gasteiger partial charge in [-0.25, -0.2) is 4.68 Å². The Morgan fingerprint density at radius 1 is 1.19 bits per heavy atom. The number of hydrogen-bond donors (Lipinski definition) is 1. The van der Waals surface area contributed by atoms with E-state index in [0.29, 0.717) is 5.92 Å². The maximum absolute atomic E-state index is 6.17. The van der Waals surface area contributed by atoms with Crippen molar-refractivity contribution in [3.63, 3.8) is 0 Å². The molecule has 1 aromatic carbocycles. The molecule has 2 N–H and O–H groups in total. The quantitative estimate of drug-likeness (QED) is 0.683. The van der Waals surface area contributed by atoms with Crippen LogP contribution in [-0.2, 0) is 5.75 Å². The van der Waals surface area contributed by atoms with Crippen LogP contribution in [0.25, 0.3) is 0 Å². The van der Waals surface area contributed by atoms with Gasteiger partial charge in [-0.05, 0) is 24.5 Å². The molecule has 1 fully saturated rings. The highest BCUT2D eigenvalue weighted by atomic mass is 35.5. The van der Waals surface area contributed by atoms with Crippen molar-refractivity contribution in [3.05, 3.63) is 40.7 Å². The van der Waals surface area contributed by atoms with Crippen LogP contribution in [0.15, 0.2) is 29.4 Å². The van der Waals surface area contributed by atoms with E-state index < -0.39 is 0 Å². The van der Waals surface area contributed by atoms with E-state index in [-0.39, 0.29) is 0 Å². The fraction of sp³-hybridized carbons (Fsp3) is 0.467. The molecule has 21 heavy (non-hydrogen) atoms. The maximum atomic E-state index is 6.17. The number of nitrogen functional groups attached to an aromatic ring is 1. The number of nitrogens with zero attached hydrogens (tertiary/aromatic N) is 3. The fourth-order valence-electron chi connectivity index (χ4n) is 2.78. The minimum absolute atomic E-state index is 0.464. The van der Waals surface area contributed by atoms with Crippen LogP contribution in [0, 0.1) is 0 Å². The van der Waals surface area contributed by atoms with Crippen molar-refractivity contribution in [2.75, 3.05) is 5.84 Å². The zero-order valence-corrected chi connectivity index (χ0v) is 13.4. The second-order valence-electron chi connectivity index (χ2n) is 5.43. The Morgan fingerprint density at radius 2 is 1.95 bits per heavy atom. The summed E-state index contributed by atoms with van der Waals surface area (Å²) in [4.78, 5) is 0. The van der Waals surface area contributed by atoms with Gasteiger partial charge in [0.2, 0.25) is 5.16 Å². The van der Waals surface area contributed by atoms with Crippen LogP contribution < -0.4 is 5.84 Å². The third-order valence-electron chi connectivity index (χ3n) is 3.98. The van der Waals surface area contributed by atoms with Crippen molar-refractivity contribution >= 4 is 23.4 Å². The van der Waals surface area contributed by atoms with Crippen molar-refractivity contribution in [1.29, 1.82) is 0 Å². The molecule has 0 aliphatic heterocycles. The first kappa shape index (κ1) is 14.7. The number of thioether (sulfide) groups is 1. The fourth-order valence-corrected chi connectivity index (χ4v) is 3.93. The van der Waals surface area contributed by atoms with Gasteiger partial charge in [-0.15, -0.1) is 10.2 Å². The van der Waals surface area contributed by atoms with Crippen molar-refractivity contribution in [3.8, 4) is 0 Å².